The van der Waals surface area contributed by atoms with Crippen LogP contribution in [0.4, 0.5) is 17.1 Å². The van der Waals surface area contributed by atoms with Gasteiger partial charge in [-0.15, -0.1) is 0 Å². The smallest absolute Gasteiger partial charge is 0.132 e. The minimum Gasteiger partial charge on any atom is -0.457 e. The molecule has 0 fully saturated rings. The van der Waals surface area contributed by atoms with Crippen molar-refractivity contribution >= 4 is 17.1 Å². The van der Waals surface area contributed by atoms with Crippen LogP contribution in [0.1, 0.15) is 44.5 Å². The average Bonchev–Trinajstić information content (AvgIpc) is 4.19. The lowest BCUT2D eigenvalue weighted by Gasteiger charge is -2.39. The Hall–Kier alpha value is -9.96. The summed E-state index contributed by atoms with van der Waals surface area (Å²) in [5.74, 6) is 3.56. The highest BCUT2D eigenvalue weighted by Crippen LogP contribution is 2.65. The van der Waals surface area contributed by atoms with E-state index in [0.717, 1.165) is 73.4 Å². The predicted molar refractivity (Wildman–Crippen MR) is 312 cm³/mol. The zero-order chi connectivity index (χ0) is 50.7. The maximum Gasteiger partial charge on any atom is 0.132 e. The number of ether oxygens (including phenoxy) is 2. The molecule has 2 aliphatic carbocycles. The first kappa shape index (κ1) is 43.4. The van der Waals surface area contributed by atoms with Crippen LogP contribution >= 0.6 is 0 Å². The first-order chi connectivity index (χ1) is 38.2. The fourth-order valence-electron chi connectivity index (χ4n) is 13.8. The molecule has 0 amide bonds. The summed E-state index contributed by atoms with van der Waals surface area (Å²) in [6.45, 7) is 0. The van der Waals surface area contributed by atoms with E-state index in [4.69, 9.17) is 9.47 Å². The molecule has 2 heterocycles. The second-order valence-electron chi connectivity index (χ2n) is 20.5. The number of para-hydroxylation sites is 5. The van der Waals surface area contributed by atoms with Gasteiger partial charge in [-0.1, -0.05) is 231 Å². The number of rotatable bonds is 6. The van der Waals surface area contributed by atoms with Gasteiger partial charge < -0.3 is 14.4 Å². The number of anilines is 3. The van der Waals surface area contributed by atoms with Crippen molar-refractivity contribution in [2.24, 2.45) is 0 Å². The Morgan fingerprint density at radius 2 is 0.558 bits per heavy atom. The summed E-state index contributed by atoms with van der Waals surface area (Å²) in [6, 6.07) is 104. The van der Waals surface area contributed by atoms with Gasteiger partial charge in [0.05, 0.1) is 16.5 Å². The molecule has 360 valence electrons. The highest BCUT2D eigenvalue weighted by Gasteiger charge is 2.53. The number of hydrogen-bond donors (Lipinski definition) is 0. The molecule has 12 aromatic rings. The molecule has 0 unspecified atom stereocenters. The molecule has 0 saturated carbocycles. The zero-order valence-electron chi connectivity index (χ0n) is 41.9. The Morgan fingerprint density at radius 1 is 0.221 bits per heavy atom. The summed E-state index contributed by atoms with van der Waals surface area (Å²) in [6.07, 6.45) is 0. The molecule has 12 aromatic carbocycles. The van der Waals surface area contributed by atoms with Gasteiger partial charge in [-0.05, 0) is 127 Å². The van der Waals surface area contributed by atoms with Crippen molar-refractivity contribution in [3.63, 3.8) is 0 Å². The van der Waals surface area contributed by atoms with E-state index in [1.54, 1.807) is 0 Å². The fourth-order valence-corrected chi connectivity index (χ4v) is 13.8. The second-order valence-corrected chi connectivity index (χ2v) is 20.5. The van der Waals surface area contributed by atoms with E-state index in [-0.39, 0.29) is 0 Å². The number of hydrogen-bond acceptors (Lipinski definition) is 3. The lowest BCUT2D eigenvalue weighted by Crippen LogP contribution is -2.32. The van der Waals surface area contributed by atoms with Crippen LogP contribution in [0.3, 0.4) is 0 Å². The Bertz CT molecular complexity index is 4250. The molecule has 0 saturated heterocycles. The maximum absolute atomic E-state index is 6.71. The minimum atomic E-state index is -0.583. The summed E-state index contributed by atoms with van der Waals surface area (Å²) in [5, 5.41) is 0. The second kappa shape index (κ2) is 16.8. The van der Waals surface area contributed by atoms with Crippen molar-refractivity contribution in [2.75, 3.05) is 4.90 Å². The molecule has 0 bridgehead atoms. The van der Waals surface area contributed by atoms with Gasteiger partial charge in [0.2, 0.25) is 0 Å². The molecule has 2 spiro atoms. The minimum absolute atomic E-state index is 0.547. The third-order valence-corrected chi connectivity index (χ3v) is 16.8. The van der Waals surface area contributed by atoms with Crippen molar-refractivity contribution in [3.05, 3.63) is 330 Å². The molecule has 0 radical (unpaired) electrons. The average molecular weight is 982 g/mol. The Labute approximate surface area is 448 Å². The van der Waals surface area contributed by atoms with Crippen LogP contribution < -0.4 is 14.4 Å². The van der Waals surface area contributed by atoms with Crippen LogP contribution in [0, 0.1) is 0 Å². The van der Waals surface area contributed by atoms with Gasteiger partial charge in [-0.2, -0.15) is 0 Å². The maximum atomic E-state index is 6.71. The Kier molecular flexibility index (Phi) is 9.47. The third-order valence-electron chi connectivity index (χ3n) is 16.8. The first-order valence-corrected chi connectivity index (χ1v) is 26.6. The highest BCUT2D eigenvalue weighted by molar-refractivity contribution is 6.01. The van der Waals surface area contributed by atoms with Crippen molar-refractivity contribution in [1.82, 2.24) is 0 Å². The van der Waals surface area contributed by atoms with Gasteiger partial charge in [0, 0.05) is 39.2 Å². The lowest BCUT2D eigenvalue weighted by atomic mass is 9.66. The van der Waals surface area contributed by atoms with Crippen LogP contribution in [0.25, 0.3) is 55.6 Å². The van der Waals surface area contributed by atoms with Gasteiger partial charge in [-0.3, -0.25) is 0 Å². The summed E-state index contributed by atoms with van der Waals surface area (Å²) >= 11 is 0. The van der Waals surface area contributed by atoms with Crippen molar-refractivity contribution in [3.8, 4) is 78.6 Å². The predicted octanol–water partition coefficient (Wildman–Crippen LogP) is 19.1. The number of fused-ring (bicyclic) bond motifs is 18. The molecule has 0 atom stereocenters. The molecule has 0 aromatic heterocycles. The highest BCUT2D eigenvalue weighted by atomic mass is 16.5. The molecule has 4 aliphatic rings. The van der Waals surface area contributed by atoms with Gasteiger partial charge in [0.25, 0.3) is 0 Å². The van der Waals surface area contributed by atoms with E-state index >= 15 is 0 Å². The summed E-state index contributed by atoms with van der Waals surface area (Å²) in [4.78, 5) is 2.44. The van der Waals surface area contributed by atoms with E-state index in [9.17, 15) is 0 Å². The Morgan fingerprint density at radius 3 is 1.05 bits per heavy atom. The largest absolute Gasteiger partial charge is 0.457 e. The summed E-state index contributed by atoms with van der Waals surface area (Å²) < 4.78 is 13.4. The monoisotopic (exact) mass is 981 g/mol. The quantitative estimate of drug-likeness (QED) is 0.166. The van der Waals surface area contributed by atoms with Crippen LogP contribution in [-0.2, 0) is 10.8 Å². The Balaban J connectivity index is 0.882. The molecule has 16 rings (SSSR count). The van der Waals surface area contributed by atoms with Crippen molar-refractivity contribution in [2.45, 2.75) is 10.8 Å². The fraction of sp³-hybridized carbons (Fsp3) is 0.0270. The van der Waals surface area contributed by atoms with E-state index in [1.807, 2.05) is 0 Å². The van der Waals surface area contributed by atoms with E-state index in [1.165, 1.54) is 66.8 Å². The molecule has 3 heteroatoms. The lowest BCUT2D eigenvalue weighted by molar-refractivity contribution is 0.436. The SMILES string of the molecule is c1ccc(-c2ccc(N(c3ccc(-c4cccc5c4-c4ccccc4C54c5ccccc5Oc5ccccc54)cc3)c3ccccc3-c3cccc4c3-c3ccccc3C43c4ccccc4Oc4ccccc43)cc2)cc1. The molecule has 2 aliphatic heterocycles. The standard InChI is InChI=1S/C74H47NO2/c1-2-20-48(21-3-1)49-40-44-51(45-41-49)75(52-46-42-50(43-47-52)53-25-18-33-64-71(53)56-23-4-7-27-58(56)73(64)60-29-9-14-36-67(60)76-68-37-15-10-30-61(68)73)66-35-13-6-22-54(66)55-26-19-34-65-72(55)57-24-5-8-28-59(57)74(65)62-31-11-16-38-69(62)77-70-39-17-12-32-63(70)74/h1-47H. The van der Waals surface area contributed by atoms with Gasteiger partial charge >= 0.3 is 0 Å². The normalized spacial score (nSPS) is 13.9. The van der Waals surface area contributed by atoms with Crippen LogP contribution in [0.5, 0.6) is 23.0 Å². The van der Waals surface area contributed by atoms with Crippen LogP contribution in [-0.4, -0.2) is 0 Å². The first-order valence-electron chi connectivity index (χ1n) is 26.6. The number of nitrogens with zero attached hydrogens (tertiary/aromatic N) is 1. The molecule has 3 nitrogen and oxygen atoms in total. The van der Waals surface area contributed by atoms with E-state index in [2.05, 4.69) is 290 Å². The van der Waals surface area contributed by atoms with Gasteiger partial charge in [0.15, 0.2) is 0 Å². The van der Waals surface area contributed by atoms with E-state index in [0.29, 0.717) is 0 Å². The molecule has 77 heavy (non-hydrogen) atoms. The van der Waals surface area contributed by atoms with Gasteiger partial charge in [0.1, 0.15) is 23.0 Å². The molecular weight excluding hydrogens is 935 g/mol. The summed E-state index contributed by atoms with van der Waals surface area (Å²) in [5.41, 5.74) is 23.8. The van der Waals surface area contributed by atoms with E-state index < -0.39 is 10.8 Å². The van der Waals surface area contributed by atoms with Crippen molar-refractivity contribution < 1.29 is 9.47 Å². The van der Waals surface area contributed by atoms with Crippen molar-refractivity contribution in [1.29, 1.82) is 0 Å². The molecule has 0 N–H and O–H groups in total. The van der Waals surface area contributed by atoms with Crippen LogP contribution in [0.2, 0.25) is 0 Å². The molecular formula is C74H47NO2. The third kappa shape index (κ3) is 6.08. The number of benzene rings is 12. The summed E-state index contributed by atoms with van der Waals surface area (Å²) in [7, 11) is 0. The van der Waals surface area contributed by atoms with Crippen LogP contribution in [0.15, 0.2) is 285 Å². The van der Waals surface area contributed by atoms with Gasteiger partial charge in [-0.25, -0.2) is 0 Å². The topological polar surface area (TPSA) is 21.7 Å². The zero-order valence-corrected chi connectivity index (χ0v) is 41.9.